The van der Waals surface area contributed by atoms with E-state index in [1.54, 1.807) is 11.8 Å². The summed E-state index contributed by atoms with van der Waals surface area (Å²) >= 11 is 0. The number of amidine groups is 1. The van der Waals surface area contributed by atoms with Crippen LogP contribution in [-0.2, 0) is 27.4 Å². The molecule has 2 aromatic carbocycles. The Kier molecular flexibility index (Phi) is 7.40. The Balaban J connectivity index is 1.56. The maximum absolute atomic E-state index is 13.3. The molecule has 0 bridgehead atoms. The van der Waals surface area contributed by atoms with Gasteiger partial charge in [0.05, 0.1) is 35.4 Å². The average molecular weight is 528 g/mol. The van der Waals surface area contributed by atoms with Crippen molar-refractivity contribution >= 4 is 11.7 Å². The van der Waals surface area contributed by atoms with Crippen LogP contribution in [0.15, 0.2) is 53.5 Å². The van der Waals surface area contributed by atoms with Crippen molar-refractivity contribution in [1.29, 1.82) is 0 Å². The number of amides is 1. The molecule has 2 aliphatic heterocycles. The maximum Gasteiger partial charge on any atom is 0.416 e. The van der Waals surface area contributed by atoms with Crippen molar-refractivity contribution in [2.24, 2.45) is 4.99 Å². The molecule has 1 amide bonds. The fourth-order valence-electron chi connectivity index (χ4n) is 4.91. The van der Waals surface area contributed by atoms with Crippen molar-refractivity contribution in [3.8, 4) is 0 Å². The molecule has 11 heteroatoms. The molecule has 0 spiro atoms. The Hall–Kier alpha value is -2.92. The molecule has 5 nitrogen and oxygen atoms in total. The number of aliphatic imine (C=N–C) groups is 1. The number of rotatable bonds is 6. The first-order valence-electron chi connectivity index (χ1n) is 11.8. The second-order valence-electron chi connectivity index (χ2n) is 9.44. The number of hydrogen-bond donors (Lipinski definition) is 1. The normalized spacial score (nSPS) is 23.8. The van der Waals surface area contributed by atoms with Crippen molar-refractivity contribution in [2.75, 3.05) is 19.7 Å². The van der Waals surface area contributed by atoms with Crippen LogP contribution in [0.3, 0.4) is 0 Å². The second kappa shape index (κ2) is 10.1. The summed E-state index contributed by atoms with van der Waals surface area (Å²) in [5, 5.41) is 3.46. The molecule has 0 unspecified atom stereocenters. The third-order valence-corrected chi connectivity index (χ3v) is 6.99. The minimum Gasteiger partial charge on any atom is -0.372 e. The number of carbonyl (C=O) groups is 1. The van der Waals surface area contributed by atoms with Gasteiger partial charge in [-0.15, -0.1) is 0 Å². The lowest BCUT2D eigenvalue weighted by molar-refractivity contribution is -0.143. The number of alkyl halides is 6. The van der Waals surface area contributed by atoms with E-state index in [4.69, 9.17) is 4.74 Å². The molecule has 2 aromatic rings. The van der Waals surface area contributed by atoms with Gasteiger partial charge in [-0.2, -0.15) is 26.3 Å². The van der Waals surface area contributed by atoms with E-state index in [-0.39, 0.29) is 36.7 Å². The van der Waals surface area contributed by atoms with Crippen LogP contribution in [0.1, 0.15) is 55.0 Å². The van der Waals surface area contributed by atoms with Crippen LogP contribution in [0.4, 0.5) is 26.3 Å². The van der Waals surface area contributed by atoms with E-state index in [0.29, 0.717) is 37.4 Å². The molecule has 2 aliphatic rings. The first-order chi connectivity index (χ1) is 17.3. The lowest BCUT2D eigenvalue weighted by atomic mass is 9.81. The molecule has 2 heterocycles. The lowest BCUT2D eigenvalue weighted by Gasteiger charge is -2.44. The fourth-order valence-corrected chi connectivity index (χ4v) is 4.91. The van der Waals surface area contributed by atoms with Crippen molar-refractivity contribution in [3.63, 3.8) is 0 Å². The first kappa shape index (κ1) is 27.1. The maximum atomic E-state index is 13.3. The summed E-state index contributed by atoms with van der Waals surface area (Å²) < 4.78 is 85.9. The molecule has 1 fully saturated rings. The van der Waals surface area contributed by atoms with Gasteiger partial charge >= 0.3 is 12.4 Å². The Labute approximate surface area is 210 Å². The number of piperidine rings is 1. The van der Waals surface area contributed by atoms with Gasteiger partial charge in [0, 0.05) is 6.54 Å². The summed E-state index contributed by atoms with van der Waals surface area (Å²) in [7, 11) is 0. The number of ether oxygens (including phenoxy) is 1. The number of nitrogens with zero attached hydrogens (tertiary/aromatic N) is 2. The summed E-state index contributed by atoms with van der Waals surface area (Å²) in [6.07, 6.45) is -9.77. The van der Waals surface area contributed by atoms with Gasteiger partial charge in [0.1, 0.15) is 12.4 Å². The van der Waals surface area contributed by atoms with E-state index in [1.165, 1.54) is 6.92 Å². The van der Waals surface area contributed by atoms with Crippen LogP contribution in [0.25, 0.3) is 0 Å². The molecule has 0 aliphatic carbocycles. The lowest BCUT2D eigenvalue weighted by Crippen LogP contribution is -2.58. The Morgan fingerprint density at radius 1 is 1.08 bits per heavy atom. The SMILES string of the molecule is CC1=NCC(=O)N1[C@@H]1CC[C@@](CO[C@H](C)c2cc(C(F)(F)F)cc(C(F)(F)F)c2)(c2ccccc2)NC1. The van der Waals surface area contributed by atoms with Crippen molar-refractivity contribution < 1.29 is 35.9 Å². The van der Waals surface area contributed by atoms with Crippen LogP contribution in [-0.4, -0.2) is 42.4 Å². The second-order valence-corrected chi connectivity index (χ2v) is 9.44. The van der Waals surface area contributed by atoms with Gasteiger partial charge in [0.2, 0.25) is 5.91 Å². The van der Waals surface area contributed by atoms with Gasteiger partial charge < -0.3 is 10.1 Å². The third-order valence-electron chi connectivity index (χ3n) is 6.99. The van der Waals surface area contributed by atoms with Gasteiger partial charge in [0.25, 0.3) is 0 Å². The molecule has 4 rings (SSSR count). The molecule has 0 radical (unpaired) electrons. The minimum absolute atomic E-state index is 0.00349. The van der Waals surface area contributed by atoms with Gasteiger partial charge in [-0.3, -0.25) is 14.7 Å². The standard InChI is InChI=1S/C26H27F6N3O2/c1-16(18-10-20(25(27,28)29)12-21(11-18)26(30,31)32)37-15-24(19-6-4-3-5-7-19)9-8-22(13-34-24)35-17(2)33-14-23(35)36/h3-7,10-12,16,22,34H,8-9,13-15H2,1-2H3/t16-,22-,24-/m1/s1. The monoisotopic (exact) mass is 527 g/mol. The van der Waals surface area contributed by atoms with E-state index in [0.717, 1.165) is 5.56 Å². The quantitative estimate of drug-likeness (QED) is 0.490. The molecule has 3 atom stereocenters. The Morgan fingerprint density at radius 2 is 1.70 bits per heavy atom. The van der Waals surface area contributed by atoms with Crippen molar-refractivity contribution in [3.05, 3.63) is 70.8 Å². The summed E-state index contributed by atoms with van der Waals surface area (Å²) in [4.78, 5) is 18.1. The third kappa shape index (κ3) is 5.82. The highest BCUT2D eigenvalue weighted by Gasteiger charge is 2.42. The number of hydrogen-bond acceptors (Lipinski definition) is 4. The van der Waals surface area contributed by atoms with Crippen LogP contribution < -0.4 is 5.32 Å². The molecule has 200 valence electrons. The van der Waals surface area contributed by atoms with E-state index in [2.05, 4.69) is 10.3 Å². The van der Waals surface area contributed by atoms with Crippen LogP contribution in [0, 0.1) is 0 Å². The average Bonchev–Trinajstić information content (AvgIpc) is 3.19. The molecule has 1 N–H and O–H groups in total. The minimum atomic E-state index is -4.94. The zero-order valence-corrected chi connectivity index (χ0v) is 20.3. The van der Waals surface area contributed by atoms with Gasteiger partial charge in [0.15, 0.2) is 0 Å². The van der Waals surface area contributed by atoms with Gasteiger partial charge in [-0.25, -0.2) is 0 Å². The molecule has 1 saturated heterocycles. The van der Waals surface area contributed by atoms with E-state index < -0.39 is 35.1 Å². The number of carbonyl (C=O) groups excluding carboxylic acids is 1. The zero-order chi connectivity index (χ0) is 27.0. The van der Waals surface area contributed by atoms with Crippen molar-refractivity contribution in [2.45, 2.75) is 56.7 Å². The molecule has 0 saturated carbocycles. The summed E-state index contributed by atoms with van der Waals surface area (Å²) in [6, 6.07) is 10.7. The fraction of sp³-hybridized carbons (Fsp3) is 0.462. The summed E-state index contributed by atoms with van der Waals surface area (Å²) in [5.74, 6) is 0.574. The van der Waals surface area contributed by atoms with Gasteiger partial charge in [-0.1, -0.05) is 30.3 Å². The largest absolute Gasteiger partial charge is 0.416 e. The predicted molar refractivity (Wildman–Crippen MR) is 125 cm³/mol. The van der Waals surface area contributed by atoms with Crippen LogP contribution in [0.2, 0.25) is 0 Å². The molecular weight excluding hydrogens is 500 g/mol. The highest BCUT2D eigenvalue weighted by molar-refractivity contribution is 6.03. The van der Waals surface area contributed by atoms with E-state index >= 15 is 0 Å². The predicted octanol–water partition coefficient (Wildman–Crippen LogP) is 5.71. The van der Waals surface area contributed by atoms with E-state index in [9.17, 15) is 31.1 Å². The molecule has 0 aromatic heterocycles. The molecule has 37 heavy (non-hydrogen) atoms. The number of nitrogens with one attached hydrogen (secondary N) is 1. The smallest absolute Gasteiger partial charge is 0.372 e. The topological polar surface area (TPSA) is 53.9 Å². The van der Waals surface area contributed by atoms with Crippen LogP contribution >= 0.6 is 0 Å². The molecular formula is C26H27F6N3O2. The first-order valence-corrected chi connectivity index (χ1v) is 11.8. The summed E-state index contributed by atoms with van der Waals surface area (Å²) in [6.45, 7) is 3.75. The number of benzene rings is 2. The van der Waals surface area contributed by atoms with Crippen LogP contribution in [0.5, 0.6) is 0 Å². The number of halogens is 6. The summed E-state index contributed by atoms with van der Waals surface area (Å²) in [5.41, 5.74) is -2.84. The Morgan fingerprint density at radius 3 is 2.19 bits per heavy atom. The zero-order valence-electron chi connectivity index (χ0n) is 20.3. The van der Waals surface area contributed by atoms with Crippen molar-refractivity contribution in [1.82, 2.24) is 10.2 Å². The van der Waals surface area contributed by atoms with Gasteiger partial charge in [-0.05, 0) is 56.0 Å². The van der Waals surface area contributed by atoms with E-state index in [1.807, 2.05) is 30.3 Å². The highest BCUT2D eigenvalue weighted by atomic mass is 19.4. The highest BCUT2D eigenvalue weighted by Crippen LogP contribution is 2.39. The Bertz CT molecular complexity index is 1120.